The normalized spacial score (nSPS) is 12.7. The highest BCUT2D eigenvalue weighted by Crippen LogP contribution is 2.31. The van der Waals surface area contributed by atoms with Crippen LogP contribution in [0.25, 0.3) is 0 Å². The number of carboxylic acids is 1. The fourth-order valence-electron chi connectivity index (χ4n) is 2.79. The van der Waals surface area contributed by atoms with Crippen LogP contribution in [0.2, 0.25) is 0 Å². The summed E-state index contributed by atoms with van der Waals surface area (Å²) in [6.45, 7) is 8.03. The van der Waals surface area contributed by atoms with E-state index in [9.17, 15) is 14.7 Å². The summed E-state index contributed by atoms with van der Waals surface area (Å²) >= 11 is 0. The molecule has 4 nitrogen and oxygen atoms in total. The van der Waals surface area contributed by atoms with Gasteiger partial charge in [-0.1, -0.05) is 64.7 Å². The lowest BCUT2D eigenvalue weighted by Crippen LogP contribution is -2.14. The van der Waals surface area contributed by atoms with Crippen molar-refractivity contribution in [1.82, 2.24) is 0 Å². The van der Waals surface area contributed by atoms with Crippen LogP contribution in [-0.4, -0.2) is 17.0 Å². The van der Waals surface area contributed by atoms with Gasteiger partial charge in [0, 0.05) is 12.5 Å². The summed E-state index contributed by atoms with van der Waals surface area (Å²) in [7, 11) is 0. The highest BCUT2D eigenvalue weighted by molar-refractivity contribution is 5.78. The van der Waals surface area contributed by atoms with E-state index in [2.05, 4.69) is 20.8 Å². The Bertz CT molecular complexity index is 543. The lowest BCUT2D eigenvalue weighted by atomic mass is 9.88. The Balaban J connectivity index is 2.59. The van der Waals surface area contributed by atoms with Gasteiger partial charge < -0.3 is 9.84 Å². The molecular formula is C20H30O4. The van der Waals surface area contributed by atoms with Gasteiger partial charge in [0.25, 0.3) is 0 Å². The van der Waals surface area contributed by atoms with Crippen LogP contribution >= 0.6 is 0 Å². The third kappa shape index (κ3) is 7.62. The monoisotopic (exact) mass is 334 g/mol. The number of benzene rings is 1. The molecule has 134 valence electrons. The molecule has 0 radical (unpaired) electrons. The molecule has 1 aromatic carbocycles. The molecule has 0 saturated carbocycles. The maximum atomic E-state index is 11.6. The first-order chi connectivity index (χ1) is 11.2. The quantitative estimate of drug-likeness (QED) is 0.384. The van der Waals surface area contributed by atoms with Gasteiger partial charge in [-0.2, -0.15) is 0 Å². The molecular weight excluding hydrogens is 304 g/mol. The highest BCUT2D eigenvalue weighted by atomic mass is 16.5. The van der Waals surface area contributed by atoms with Crippen molar-refractivity contribution in [2.45, 2.75) is 72.1 Å². The summed E-state index contributed by atoms with van der Waals surface area (Å²) in [6.07, 6.45) is 5.92. The Morgan fingerprint density at radius 3 is 2.29 bits per heavy atom. The molecule has 1 N–H and O–H groups in total. The minimum Gasteiger partial charge on any atom is -0.481 e. The van der Waals surface area contributed by atoms with Crippen LogP contribution in [0.15, 0.2) is 24.3 Å². The van der Waals surface area contributed by atoms with Crippen molar-refractivity contribution in [3.63, 3.8) is 0 Å². The zero-order valence-corrected chi connectivity index (χ0v) is 15.3. The van der Waals surface area contributed by atoms with Crippen LogP contribution < -0.4 is 4.74 Å². The summed E-state index contributed by atoms with van der Waals surface area (Å²) in [5.41, 5.74) is 0.932. The van der Waals surface area contributed by atoms with E-state index < -0.39 is 17.9 Å². The van der Waals surface area contributed by atoms with Gasteiger partial charge in [0.15, 0.2) is 0 Å². The summed E-state index contributed by atoms with van der Waals surface area (Å²) in [6, 6.07) is 6.90. The number of ether oxygens (including phenoxy) is 1. The van der Waals surface area contributed by atoms with Crippen LogP contribution in [0.4, 0.5) is 0 Å². The largest absolute Gasteiger partial charge is 0.481 e. The average molecular weight is 334 g/mol. The molecule has 0 aromatic heterocycles. The highest BCUT2D eigenvalue weighted by Gasteiger charge is 2.23. The summed E-state index contributed by atoms with van der Waals surface area (Å²) < 4.78 is 5.16. The first-order valence-corrected chi connectivity index (χ1v) is 8.71. The third-order valence-electron chi connectivity index (χ3n) is 4.02. The van der Waals surface area contributed by atoms with Gasteiger partial charge in [-0.3, -0.25) is 9.59 Å². The van der Waals surface area contributed by atoms with E-state index >= 15 is 0 Å². The van der Waals surface area contributed by atoms with E-state index in [0.29, 0.717) is 23.1 Å². The van der Waals surface area contributed by atoms with Crippen molar-refractivity contribution in [3.8, 4) is 5.75 Å². The molecule has 0 amide bonds. The third-order valence-corrected chi connectivity index (χ3v) is 4.02. The molecule has 0 aliphatic rings. The minimum absolute atomic E-state index is 0.352. The van der Waals surface area contributed by atoms with Gasteiger partial charge >= 0.3 is 11.9 Å². The maximum Gasteiger partial charge on any atom is 0.311 e. The second-order valence-electron chi connectivity index (χ2n) is 7.54. The van der Waals surface area contributed by atoms with Crippen molar-refractivity contribution in [1.29, 1.82) is 0 Å². The van der Waals surface area contributed by atoms with E-state index in [0.717, 1.165) is 19.3 Å². The number of aliphatic carboxylic acids is 1. The number of para-hydroxylation sites is 1. The molecule has 1 atom stereocenters. The molecule has 24 heavy (non-hydrogen) atoms. The van der Waals surface area contributed by atoms with Crippen LogP contribution in [0, 0.1) is 5.41 Å². The number of carbonyl (C=O) groups excluding carboxylic acids is 1. The zero-order chi connectivity index (χ0) is 18.2. The number of esters is 1. The number of hydrogen-bond acceptors (Lipinski definition) is 3. The van der Waals surface area contributed by atoms with Gasteiger partial charge in [0.05, 0.1) is 5.92 Å². The molecule has 0 spiro atoms. The van der Waals surface area contributed by atoms with Crippen molar-refractivity contribution < 1.29 is 19.4 Å². The van der Waals surface area contributed by atoms with Crippen LogP contribution in [0.1, 0.15) is 77.7 Å². The van der Waals surface area contributed by atoms with Crippen LogP contribution in [0.3, 0.4) is 0 Å². The molecule has 0 fully saturated rings. The van der Waals surface area contributed by atoms with Crippen LogP contribution in [-0.2, 0) is 9.59 Å². The van der Waals surface area contributed by atoms with E-state index in [1.807, 2.05) is 0 Å². The molecule has 0 heterocycles. The zero-order valence-electron chi connectivity index (χ0n) is 15.3. The lowest BCUT2D eigenvalue weighted by Gasteiger charge is -2.18. The Morgan fingerprint density at radius 1 is 1.08 bits per heavy atom. The Morgan fingerprint density at radius 2 is 1.71 bits per heavy atom. The van der Waals surface area contributed by atoms with E-state index in [4.69, 9.17) is 4.74 Å². The molecule has 0 aliphatic carbocycles. The molecule has 0 saturated heterocycles. The fourth-order valence-corrected chi connectivity index (χ4v) is 2.79. The molecule has 1 unspecified atom stereocenters. The smallest absolute Gasteiger partial charge is 0.311 e. The average Bonchev–Trinajstić information content (AvgIpc) is 2.45. The van der Waals surface area contributed by atoms with Crippen molar-refractivity contribution in [2.75, 3.05) is 0 Å². The van der Waals surface area contributed by atoms with E-state index in [1.165, 1.54) is 19.8 Å². The second-order valence-corrected chi connectivity index (χ2v) is 7.54. The Hall–Kier alpha value is -1.84. The predicted molar refractivity (Wildman–Crippen MR) is 95.3 cm³/mol. The van der Waals surface area contributed by atoms with Gasteiger partial charge in [-0.15, -0.1) is 0 Å². The summed E-state index contributed by atoms with van der Waals surface area (Å²) in [5, 5.41) is 9.55. The number of carbonyl (C=O) groups is 2. The SMILES string of the molecule is CC(=O)Oc1ccccc1C(CCCCCCC(C)(C)C)C(=O)O. The number of rotatable bonds is 9. The van der Waals surface area contributed by atoms with E-state index in [1.54, 1.807) is 24.3 Å². The van der Waals surface area contributed by atoms with Crippen LogP contribution in [0.5, 0.6) is 5.75 Å². The molecule has 1 aromatic rings. The van der Waals surface area contributed by atoms with Gasteiger partial charge in [0.1, 0.15) is 5.75 Å². The minimum atomic E-state index is -0.871. The number of hydrogen-bond donors (Lipinski definition) is 1. The second kappa shape index (κ2) is 9.45. The molecule has 0 aliphatic heterocycles. The van der Waals surface area contributed by atoms with Crippen molar-refractivity contribution in [3.05, 3.63) is 29.8 Å². The van der Waals surface area contributed by atoms with Crippen molar-refractivity contribution >= 4 is 11.9 Å². The fraction of sp³-hybridized carbons (Fsp3) is 0.600. The van der Waals surface area contributed by atoms with E-state index in [-0.39, 0.29) is 0 Å². The van der Waals surface area contributed by atoms with Gasteiger partial charge in [-0.25, -0.2) is 0 Å². The molecule has 0 bridgehead atoms. The Kier molecular flexibility index (Phi) is 7.96. The predicted octanol–water partition coefficient (Wildman–Crippen LogP) is 5.17. The molecule has 1 rings (SSSR count). The lowest BCUT2D eigenvalue weighted by molar-refractivity contribution is -0.139. The summed E-state index contributed by atoms with van der Waals surface area (Å²) in [4.78, 5) is 22.9. The van der Waals surface area contributed by atoms with Gasteiger partial charge in [0.2, 0.25) is 0 Å². The number of unbranched alkanes of at least 4 members (excludes halogenated alkanes) is 3. The first-order valence-electron chi connectivity index (χ1n) is 8.71. The number of carboxylic acid groups (broad SMARTS) is 1. The first kappa shape index (κ1) is 20.2. The topological polar surface area (TPSA) is 63.6 Å². The maximum absolute atomic E-state index is 11.6. The Labute approximate surface area is 145 Å². The summed E-state index contributed by atoms with van der Waals surface area (Å²) in [5.74, 6) is -1.59. The standard InChI is InChI=1S/C20H30O4/c1-15(21)24-18-13-9-8-11-16(18)17(19(22)23)12-7-5-6-10-14-20(2,3)4/h8-9,11,13,17H,5-7,10,12,14H2,1-4H3,(H,22,23). The van der Waals surface area contributed by atoms with Gasteiger partial charge in [-0.05, 0) is 24.3 Å². The van der Waals surface area contributed by atoms with Crippen molar-refractivity contribution in [2.24, 2.45) is 5.41 Å². The molecule has 4 heteroatoms.